The van der Waals surface area contributed by atoms with Gasteiger partial charge >= 0.3 is 0 Å². The van der Waals surface area contributed by atoms with Gasteiger partial charge in [0, 0.05) is 5.56 Å². The molecule has 1 rings (SSSR count). The summed E-state index contributed by atoms with van der Waals surface area (Å²) in [5.74, 6) is 1.55. The first-order valence-corrected chi connectivity index (χ1v) is 6.44. The van der Waals surface area contributed by atoms with Crippen LogP contribution in [-0.2, 0) is 10.0 Å². The van der Waals surface area contributed by atoms with Crippen molar-refractivity contribution in [2.75, 3.05) is 5.73 Å². The molecule has 0 aliphatic carbocycles. The molecule has 7 heteroatoms. The van der Waals surface area contributed by atoms with E-state index in [0.717, 1.165) is 0 Å². The number of hydrogen-bond donors (Lipinski definition) is 3. The molecule has 0 fully saturated rings. The largest absolute Gasteiger partial charge is 0.398 e. The molecule has 0 saturated heterocycles. The summed E-state index contributed by atoms with van der Waals surface area (Å²) in [6.07, 6.45) is 5.09. The molecule has 0 aliphatic rings. The van der Waals surface area contributed by atoms with Crippen LogP contribution >= 0.6 is 0 Å². The number of amides is 1. The molecule has 18 heavy (non-hydrogen) atoms. The van der Waals surface area contributed by atoms with E-state index in [0.29, 0.717) is 0 Å². The summed E-state index contributed by atoms with van der Waals surface area (Å²) in [7, 11) is -3.81. The van der Waals surface area contributed by atoms with Crippen molar-refractivity contribution in [2.24, 2.45) is 5.73 Å². The first-order valence-electron chi connectivity index (χ1n) is 4.95. The summed E-state index contributed by atoms with van der Waals surface area (Å²) < 4.78 is 26.1. The van der Waals surface area contributed by atoms with E-state index in [-0.39, 0.29) is 16.1 Å². The first kappa shape index (κ1) is 14.0. The van der Waals surface area contributed by atoms with Crippen molar-refractivity contribution in [2.45, 2.75) is 17.9 Å². The van der Waals surface area contributed by atoms with Crippen LogP contribution in [0.4, 0.5) is 5.69 Å². The van der Waals surface area contributed by atoms with Gasteiger partial charge in [-0.3, -0.25) is 4.79 Å². The number of hydrogen-bond acceptors (Lipinski definition) is 4. The minimum absolute atomic E-state index is 0.0666. The number of sulfonamides is 1. The lowest BCUT2D eigenvalue weighted by Crippen LogP contribution is -2.32. The van der Waals surface area contributed by atoms with Gasteiger partial charge in [-0.25, -0.2) is 8.42 Å². The maximum absolute atomic E-state index is 11.9. The van der Waals surface area contributed by atoms with Gasteiger partial charge in [-0.15, -0.1) is 6.42 Å². The van der Waals surface area contributed by atoms with E-state index in [9.17, 15) is 13.2 Å². The van der Waals surface area contributed by atoms with Crippen LogP contribution in [0.5, 0.6) is 0 Å². The number of primary amides is 1. The lowest BCUT2D eigenvalue weighted by Gasteiger charge is -2.11. The molecule has 0 aliphatic heterocycles. The minimum Gasteiger partial charge on any atom is -0.398 e. The normalized spacial score (nSPS) is 12.7. The maximum Gasteiger partial charge on any atom is 0.248 e. The fourth-order valence-corrected chi connectivity index (χ4v) is 2.55. The monoisotopic (exact) mass is 267 g/mol. The quantitative estimate of drug-likeness (QED) is 0.511. The second-order valence-electron chi connectivity index (χ2n) is 3.63. The van der Waals surface area contributed by atoms with Crippen LogP contribution < -0.4 is 16.2 Å². The number of nitrogen functional groups attached to an aromatic ring is 1. The van der Waals surface area contributed by atoms with E-state index in [1.807, 2.05) is 0 Å². The Balaban J connectivity index is 3.19. The second-order valence-corrected chi connectivity index (χ2v) is 5.31. The third-order valence-corrected chi connectivity index (χ3v) is 3.78. The summed E-state index contributed by atoms with van der Waals surface area (Å²) in [5, 5.41) is 0. The number of nitrogens with two attached hydrogens (primary N) is 2. The number of carbonyl (C=O) groups is 1. The fourth-order valence-electron chi connectivity index (χ4n) is 1.28. The van der Waals surface area contributed by atoms with Gasteiger partial charge in [-0.05, 0) is 25.1 Å². The predicted octanol–water partition coefficient (Wildman–Crippen LogP) is -0.332. The van der Waals surface area contributed by atoms with Crippen molar-refractivity contribution < 1.29 is 13.2 Å². The Morgan fingerprint density at radius 1 is 1.50 bits per heavy atom. The van der Waals surface area contributed by atoms with Gasteiger partial charge in [-0.1, -0.05) is 5.92 Å². The zero-order valence-corrected chi connectivity index (χ0v) is 10.5. The predicted molar refractivity (Wildman–Crippen MR) is 68.0 cm³/mol. The van der Waals surface area contributed by atoms with Gasteiger partial charge < -0.3 is 11.5 Å². The summed E-state index contributed by atoms with van der Waals surface area (Å²) >= 11 is 0. The molecule has 0 heterocycles. The summed E-state index contributed by atoms with van der Waals surface area (Å²) in [6.45, 7) is 1.52. The summed E-state index contributed by atoms with van der Waals surface area (Å²) in [6, 6.07) is 3.04. The SMILES string of the molecule is C#CC(C)NS(=O)(=O)c1ccc(C(N)=O)cc1N. The highest BCUT2D eigenvalue weighted by Crippen LogP contribution is 2.19. The molecule has 1 amide bonds. The zero-order chi connectivity index (χ0) is 13.9. The van der Waals surface area contributed by atoms with E-state index in [1.165, 1.54) is 25.1 Å². The van der Waals surface area contributed by atoms with Gasteiger partial charge in [0.2, 0.25) is 15.9 Å². The molecule has 0 aromatic heterocycles. The Kier molecular flexibility index (Phi) is 3.96. The summed E-state index contributed by atoms with van der Waals surface area (Å²) in [4.78, 5) is 10.8. The smallest absolute Gasteiger partial charge is 0.248 e. The third kappa shape index (κ3) is 3.00. The molecule has 1 atom stereocenters. The van der Waals surface area contributed by atoms with Gasteiger partial charge in [0.25, 0.3) is 0 Å². The lowest BCUT2D eigenvalue weighted by atomic mass is 10.2. The van der Waals surface area contributed by atoms with Crippen LogP contribution in [0.25, 0.3) is 0 Å². The van der Waals surface area contributed by atoms with E-state index in [1.54, 1.807) is 0 Å². The molecule has 1 aromatic carbocycles. The number of carbonyl (C=O) groups excluding carboxylic acids is 1. The Hall–Kier alpha value is -2.04. The highest BCUT2D eigenvalue weighted by Gasteiger charge is 2.19. The second kappa shape index (κ2) is 5.08. The molecule has 0 spiro atoms. The van der Waals surface area contributed by atoms with E-state index < -0.39 is 22.0 Å². The van der Waals surface area contributed by atoms with Crippen LogP contribution in [0.1, 0.15) is 17.3 Å². The number of benzene rings is 1. The third-order valence-electron chi connectivity index (χ3n) is 2.17. The molecule has 0 radical (unpaired) electrons. The van der Waals surface area contributed by atoms with Crippen molar-refractivity contribution in [3.05, 3.63) is 23.8 Å². The van der Waals surface area contributed by atoms with Crippen LogP contribution in [0.15, 0.2) is 23.1 Å². The van der Waals surface area contributed by atoms with Crippen LogP contribution in [-0.4, -0.2) is 20.4 Å². The van der Waals surface area contributed by atoms with Crippen LogP contribution in [0.2, 0.25) is 0 Å². The van der Waals surface area contributed by atoms with Crippen molar-refractivity contribution in [3.63, 3.8) is 0 Å². The highest BCUT2D eigenvalue weighted by molar-refractivity contribution is 7.89. The molecule has 96 valence electrons. The molecule has 0 bridgehead atoms. The van der Waals surface area contributed by atoms with Crippen molar-refractivity contribution >= 4 is 21.6 Å². The van der Waals surface area contributed by atoms with Crippen molar-refractivity contribution in [1.82, 2.24) is 4.72 Å². The van der Waals surface area contributed by atoms with Crippen molar-refractivity contribution in [3.8, 4) is 12.3 Å². The highest BCUT2D eigenvalue weighted by atomic mass is 32.2. The fraction of sp³-hybridized carbons (Fsp3) is 0.182. The average Bonchev–Trinajstić information content (AvgIpc) is 2.27. The Bertz CT molecular complexity index is 617. The Morgan fingerprint density at radius 3 is 2.56 bits per heavy atom. The van der Waals surface area contributed by atoms with Gasteiger partial charge in [0.1, 0.15) is 4.90 Å². The number of rotatable bonds is 4. The minimum atomic E-state index is -3.81. The zero-order valence-electron chi connectivity index (χ0n) is 9.67. The maximum atomic E-state index is 11.9. The Labute approximate surface area is 105 Å². The molecule has 0 saturated carbocycles. The Morgan fingerprint density at radius 2 is 2.11 bits per heavy atom. The molecular formula is C11H13N3O3S. The van der Waals surface area contributed by atoms with Gasteiger partial charge in [-0.2, -0.15) is 4.72 Å². The summed E-state index contributed by atoms with van der Waals surface area (Å²) in [5.41, 5.74) is 10.7. The van der Waals surface area contributed by atoms with Crippen LogP contribution in [0, 0.1) is 12.3 Å². The lowest BCUT2D eigenvalue weighted by molar-refractivity contribution is 0.1000. The van der Waals surface area contributed by atoms with Gasteiger partial charge in [0.05, 0.1) is 11.7 Å². The van der Waals surface area contributed by atoms with E-state index >= 15 is 0 Å². The number of nitrogens with one attached hydrogen (secondary N) is 1. The molecule has 1 aromatic rings. The standard InChI is InChI=1S/C11H13N3O3S/c1-3-7(2)14-18(16,17)10-5-4-8(11(13)15)6-9(10)12/h1,4-7,14H,12H2,2H3,(H2,13,15). The molecule has 5 N–H and O–H groups in total. The molecule has 1 unspecified atom stereocenters. The number of terminal acetylenes is 1. The topological polar surface area (TPSA) is 115 Å². The van der Waals surface area contributed by atoms with Crippen molar-refractivity contribution in [1.29, 1.82) is 0 Å². The number of anilines is 1. The molecular weight excluding hydrogens is 254 g/mol. The van der Waals surface area contributed by atoms with Gasteiger partial charge in [0.15, 0.2) is 0 Å². The first-order chi connectivity index (χ1) is 8.27. The molecule has 6 nitrogen and oxygen atoms in total. The average molecular weight is 267 g/mol. The van der Waals surface area contributed by atoms with E-state index in [2.05, 4.69) is 10.6 Å². The van der Waals surface area contributed by atoms with Crippen LogP contribution in [0.3, 0.4) is 0 Å². The van der Waals surface area contributed by atoms with E-state index in [4.69, 9.17) is 17.9 Å².